The molecule has 1 rings (SSSR count). The van der Waals surface area contributed by atoms with Crippen LogP contribution in [-0.4, -0.2) is 54.3 Å². The Bertz CT molecular complexity index is 359. The highest BCUT2D eigenvalue weighted by Crippen LogP contribution is 2.26. The van der Waals surface area contributed by atoms with Crippen LogP contribution in [0.5, 0.6) is 0 Å². The molecule has 0 spiro atoms. The summed E-state index contributed by atoms with van der Waals surface area (Å²) in [6, 6.07) is 0. The Balaban J connectivity index is 2.37. The Morgan fingerprint density at radius 1 is 1.05 bits per heavy atom. The predicted molar refractivity (Wildman–Crippen MR) is 84.7 cm³/mol. The molecule has 1 saturated heterocycles. The molecular formula is C16H31N3O2. The molecule has 21 heavy (non-hydrogen) atoms. The Hall–Kier alpha value is -1.10. The van der Waals surface area contributed by atoms with Crippen LogP contribution >= 0.6 is 0 Å². The zero-order valence-electron chi connectivity index (χ0n) is 14.0. The molecule has 0 aliphatic carbocycles. The summed E-state index contributed by atoms with van der Waals surface area (Å²) < 4.78 is 0. The van der Waals surface area contributed by atoms with Gasteiger partial charge in [0.05, 0.1) is 0 Å². The first-order valence-electron chi connectivity index (χ1n) is 8.03. The van der Waals surface area contributed by atoms with Gasteiger partial charge in [0.2, 0.25) is 11.8 Å². The van der Waals surface area contributed by atoms with Crippen molar-refractivity contribution in [2.45, 2.75) is 47.0 Å². The fraction of sp³-hybridized carbons (Fsp3) is 0.875. The first-order valence-corrected chi connectivity index (χ1v) is 8.03. The zero-order valence-corrected chi connectivity index (χ0v) is 14.0. The number of hydrogen-bond acceptors (Lipinski definition) is 3. The Morgan fingerprint density at radius 3 is 2.05 bits per heavy atom. The number of amides is 2. The molecule has 2 N–H and O–H groups in total. The van der Waals surface area contributed by atoms with Gasteiger partial charge in [-0.25, -0.2) is 0 Å². The summed E-state index contributed by atoms with van der Waals surface area (Å²) in [6.45, 7) is 11.5. The number of piperazine rings is 1. The lowest BCUT2D eigenvalue weighted by molar-refractivity contribution is -0.141. The molecule has 0 aromatic rings. The van der Waals surface area contributed by atoms with Crippen molar-refractivity contribution >= 4 is 11.8 Å². The quantitative estimate of drug-likeness (QED) is 0.807. The van der Waals surface area contributed by atoms with E-state index in [0.29, 0.717) is 39.1 Å². The van der Waals surface area contributed by atoms with E-state index in [4.69, 9.17) is 5.73 Å². The minimum absolute atomic E-state index is 0.0318. The van der Waals surface area contributed by atoms with E-state index in [1.54, 1.807) is 0 Å². The van der Waals surface area contributed by atoms with Crippen LogP contribution in [0.3, 0.4) is 0 Å². The summed E-state index contributed by atoms with van der Waals surface area (Å²) in [6.07, 6.45) is 2.39. The van der Waals surface area contributed by atoms with Gasteiger partial charge in [-0.2, -0.15) is 0 Å². The molecule has 0 atom stereocenters. The van der Waals surface area contributed by atoms with E-state index in [1.807, 2.05) is 23.6 Å². The smallest absolute Gasteiger partial charge is 0.225 e. The van der Waals surface area contributed by atoms with Crippen LogP contribution in [0.25, 0.3) is 0 Å². The van der Waals surface area contributed by atoms with Gasteiger partial charge in [-0.15, -0.1) is 0 Å². The second kappa shape index (κ2) is 7.78. The van der Waals surface area contributed by atoms with Crippen LogP contribution in [0.15, 0.2) is 0 Å². The third kappa shape index (κ3) is 5.65. The van der Waals surface area contributed by atoms with Crippen LogP contribution in [0, 0.1) is 11.3 Å². The van der Waals surface area contributed by atoms with Gasteiger partial charge in [-0.3, -0.25) is 9.59 Å². The number of carbonyl (C=O) groups excluding carboxylic acids is 2. The van der Waals surface area contributed by atoms with Gasteiger partial charge in [0.25, 0.3) is 0 Å². The molecule has 1 aliphatic heterocycles. The van der Waals surface area contributed by atoms with Crippen LogP contribution in [-0.2, 0) is 9.59 Å². The lowest BCUT2D eigenvalue weighted by Crippen LogP contribution is -2.51. The molecule has 5 heteroatoms. The number of hydrogen-bond donors (Lipinski definition) is 1. The molecule has 0 aromatic heterocycles. The maximum Gasteiger partial charge on any atom is 0.225 e. The normalized spacial score (nSPS) is 16.5. The molecule has 0 saturated carbocycles. The van der Waals surface area contributed by atoms with Crippen molar-refractivity contribution in [3.05, 3.63) is 0 Å². The lowest BCUT2D eigenvalue weighted by Gasteiger charge is -2.36. The summed E-state index contributed by atoms with van der Waals surface area (Å²) in [4.78, 5) is 27.9. The van der Waals surface area contributed by atoms with Crippen LogP contribution in [0.4, 0.5) is 0 Å². The van der Waals surface area contributed by atoms with Gasteiger partial charge in [-0.05, 0) is 24.8 Å². The van der Waals surface area contributed by atoms with Gasteiger partial charge in [0.1, 0.15) is 0 Å². The Morgan fingerprint density at radius 2 is 1.57 bits per heavy atom. The Kier molecular flexibility index (Phi) is 6.65. The number of carbonyl (C=O) groups is 2. The SMILES string of the molecule is CC(C)C(=O)N1CCN(C(=O)CCC(C)(C)CCN)CC1. The average Bonchev–Trinajstić information content (AvgIpc) is 2.44. The van der Waals surface area contributed by atoms with Gasteiger partial charge in [-0.1, -0.05) is 27.7 Å². The van der Waals surface area contributed by atoms with Crippen molar-refractivity contribution in [1.82, 2.24) is 9.80 Å². The predicted octanol–water partition coefficient (Wildman–Crippen LogP) is 1.47. The van der Waals surface area contributed by atoms with Crippen molar-refractivity contribution in [2.24, 2.45) is 17.1 Å². The highest BCUT2D eigenvalue weighted by Gasteiger charge is 2.26. The first kappa shape index (κ1) is 18.0. The molecule has 1 heterocycles. The summed E-state index contributed by atoms with van der Waals surface area (Å²) in [5, 5.41) is 0. The maximum absolute atomic E-state index is 12.3. The lowest BCUT2D eigenvalue weighted by atomic mass is 9.84. The van der Waals surface area contributed by atoms with Gasteiger partial charge < -0.3 is 15.5 Å². The summed E-state index contributed by atoms with van der Waals surface area (Å²) in [5.41, 5.74) is 5.72. The number of nitrogens with zero attached hydrogens (tertiary/aromatic N) is 2. The molecule has 2 amide bonds. The van der Waals surface area contributed by atoms with Crippen molar-refractivity contribution < 1.29 is 9.59 Å². The molecule has 1 aliphatic rings. The van der Waals surface area contributed by atoms with E-state index in [1.165, 1.54) is 0 Å². The van der Waals surface area contributed by atoms with Crippen molar-refractivity contribution in [1.29, 1.82) is 0 Å². The fourth-order valence-corrected chi connectivity index (χ4v) is 2.66. The molecule has 0 unspecified atom stereocenters. The van der Waals surface area contributed by atoms with E-state index >= 15 is 0 Å². The topological polar surface area (TPSA) is 66.6 Å². The maximum atomic E-state index is 12.3. The van der Waals surface area contributed by atoms with E-state index < -0.39 is 0 Å². The van der Waals surface area contributed by atoms with E-state index in [9.17, 15) is 9.59 Å². The van der Waals surface area contributed by atoms with Gasteiger partial charge >= 0.3 is 0 Å². The molecule has 1 fully saturated rings. The third-order valence-corrected chi connectivity index (χ3v) is 4.27. The summed E-state index contributed by atoms with van der Waals surface area (Å²) in [7, 11) is 0. The monoisotopic (exact) mass is 297 g/mol. The first-order chi connectivity index (χ1) is 9.76. The second-order valence-corrected chi connectivity index (χ2v) is 7.06. The third-order valence-electron chi connectivity index (χ3n) is 4.27. The molecule has 0 bridgehead atoms. The molecular weight excluding hydrogens is 266 g/mol. The fourth-order valence-electron chi connectivity index (χ4n) is 2.66. The van der Waals surface area contributed by atoms with Crippen molar-refractivity contribution in [3.63, 3.8) is 0 Å². The summed E-state index contributed by atoms with van der Waals surface area (Å²) in [5.74, 6) is 0.423. The van der Waals surface area contributed by atoms with E-state index in [2.05, 4.69) is 13.8 Å². The van der Waals surface area contributed by atoms with Crippen LogP contribution in [0.2, 0.25) is 0 Å². The molecule has 122 valence electrons. The van der Waals surface area contributed by atoms with E-state index in [-0.39, 0.29) is 23.1 Å². The minimum atomic E-state index is 0.0318. The standard InChI is InChI=1S/C16H31N3O2/c1-13(2)15(21)19-11-9-18(10-12-19)14(20)5-6-16(3,4)7-8-17/h13H,5-12,17H2,1-4H3. The molecule has 0 radical (unpaired) electrons. The number of nitrogens with two attached hydrogens (primary N) is 1. The van der Waals surface area contributed by atoms with Crippen molar-refractivity contribution in [3.8, 4) is 0 Å². The van der Waals surface area contributed by atoms with E-state index in [0.717, 1.165) is 12.8 Å². The van der Waals surface area contributed by atoms with Crippen LogP contribution < -0.4 is 5.73 Å². The number of rotatable bonds is 6. The minimum Gasteiger partial charge on any atom is -0.339 e. The summed E-state index contributed by atoms with van der Waals surface area (Å²) >= 11 is 0. The van der Waals surface area contributed by atoms with Crippen LogP contribution in [0.1, 0.15) is 47.0 Å². The second-order valence-electron chi connectivity index (χ2n) is 7.06. The highest BCUT2D eigenvalue weighted by molar-refractivity contribution is 5.79. The highest BCUT2D eigenvalue weighted by atomic mass is 16.2. The zero-order chi connectivity index (χ0) is 16.0. The van der Waals surface area contributed by atoms with Gasteiger partial charge in [0, 0.05) is 38.5 Å². The van der Waals surface area contributed by atoms with Gasteiger partial charge in [0.15, 0.2) is 0 Å². The molecule has 0 aromatic carbocycles. The largest absolute Gasteiger partial charge is 0.339 e. The Labute approximate surface area is 128 Å². The molecule has 5 nitrogen and oxygen atoms in total. The van der Waals surface area contributed by atoms with Crippen molar-refractivity contribution in [2.75, 3.05) is 32.7 Å². The average molecular weight is 297 g/mol.